The van der Waals surface area contributed by atoms with Crippen LogP contribution in [0.5, 0.6) is 23.0 Å². The molecule has 0 spiro atoms. The number of nitro groups is 1. The predicted octanol–water partition coefficient (Wildman–Crippen LogP) is 2.56. The van der Waals surface area contributed by atoms with Gasteiger partial charge in [0.25, 0.3) is 0 Å². The molecule has 0 bridgehead atoms. The van der Waals surface area contributed by atoms with Crippen LogP contribution in [-0.4, -0.2) is 27.7 Å². The Hall–Kier alpha value is -3.29. The van der Waals surface area contributed by atoms with Crippen LogP contribution in [-0.2, 0) is 4.79 Å². The van der Waals surface area contributed by atoms with Gasteiger partial charge in [0.05, 0.1) is 4.92 Å². The van der Waals surface area contributed by atoms with Crippen LogP contribution in [0.3, 0.4) is 0 Å². The number of carbonyl (C=O) groups is 1. The molecule has 0 atom stereocenters. The molecule has 0 fully saturated rings. The molecule has 0 aliphatic heterocycles. The summed E-state index contributed by atoms with van der Waals surface area (Å²) in [7, 11) is 0. The lowest BCUT2D eigenvalue weighted by molar-refractivity contribution is -0.385. The van der Waals surface area contributed by atoms with Crippen molar-refractivity contribution in [3.8, 4) is 23.0 Å². The maximum atomic E-state index is 10.9. The van der Waals surface area contributed by atoms with Crippen LogP contribution >= 0.6 is 0 Å². The van der Waals surface area contributed by atoms with E-state index in [1.54, 1.807) is 0 Å². The Kier molecular flexibility index (Phi) is 4.42. The van der Waals surface area contributed by atoms with Crippen molar-refractivity contribution in [1.29, 1.82) is 0 Å². The molecule has 0 aromatic heterocycles. The van der Waals surface area contributed by atoms with Crippen molar-refractivity contribution in [1.82, 2.24) is 0 Å². The van der Waals surface area contributed by atoms with Gasteiger partial charge < -0.3 is 19.7 Å². The lowest BCUT2D eigenvalue weighted by atomic mass is 10.2. The summed E-state index contributed by atoms with van der Waals surface area (Å²) >= 11 is 0. The van der Waals surface area contributed by atoms with Crippen molar-refractivity contribution in [2.24, 2.45) is 0 Å². The molecule has 0 saturated carbocycles. The monoisotopic (exact) mass is 305 g/mol. The average Bonchev–Trinajstić information content (AvgIpc) is 2.46. The van der Waals surface area contributed by atoms with Crippen LogP contribution in [0.2, 0.25) is 0 Å². The second-order valence-corrected chi connectivity index (χ2v) is 4.17. The Labute approximate surface area is 124 Å². The van der Waals surface area contributed by atoms with Crippen LogP contribution in [0.1, 0.15) is 0 Å². The molecule has 0 heterocycles. The molecular formula is C14H11NO7. The first-order chi connectivity index (χ1) is 10.5. The average molecular weight is 305 g/mol. The highest BCUT2D eigenvalue weighted by Crippen LogP contribution is 2.34. The standard InChI is InChI=1S/C14H11NO7/c16-9-1-6-12(15(19)20)13(7-9)22-11-4-2-10(3-5-11)21-8-14(17)18/h1-7,16H,8H2,(H,17,18). The number of phenolic OH excluding ortho intramolecular Hbond substituents is 1. The third-order valence-electron chi connectivity index (χ3n) is 2.55. The minimum Gasteiger partial charge on any atom is -0.508 e. The van der Waals surface area contributed by atoms with Gasteiger partial charge in [-0.2, -0.15) is 0 Å². The second kappa shape index (κ2) is 6.44. The van der Waals surface area contributed by atoms with Gasteiger partial charge in [0.15, 0.2) is 6.61 Å². The SMILES string of the molecule is O=C(O)COc1ccc(Oc2cc(O)ccc2[N+](=O)[O-])cc1. The van der Waals surface area contributed by atoms with E-state index in [4.69, 9.17) is 14.6 Å². The van der Waals surface area contributed by atoms with E-state index in [0.29, 0.717) is 5.75 Å². The number of carboxylic acids is 1. The Bertz CT molecular complexity index is 697. The number of nitrogens with zero attached hydrogens (tertiary/aromatic N) is 1. The maximum Gasteiger partial charge on any atom is 0.341 e. The van der Waals surface area contributed by atoms with E-state index in [1.165, 1.54) is 30.3 Å². The summed E-state index contributed by atoms with van der Waals surface area (Å²) in [5, 5.41) is 28.8. The van der Waals surface area contributed by atoms with Gasteiger partial charge in [-0.3, -0.25) is 10.1 Å². The van der Waals surface area contributed by atoms with Gasteiger partial charge in [0.2, 0.25) is 5.75 Å². The molecule has 0 aliphatic rings. The number of rotatable bonds is 6. The van der Waals surface area contributed by atoms with Crippen LogP contribution in [0.4, 0.5) is 5.69 Å². The number of hydrogen-bond donors (Lipinski definition) is 2. The van der Waals surface area contributed by atoms with E-state index in [1.807, 2.05) is 0 Å². The summed E-state index contributed by atoms with van der Waals surface area (Å²) in [5.41, 5.74) is -0.288. The first kappa shape index (κ1) is 15.1. The Morgan fingerprint density at radius 3 is 2.36 bits per heavy atom. The van der Waals surface area contributed by atoms with Gasteiger partial charge in [-0.25, -0.2) is 4.79 Å². The smallest absolute Gasteiger partial charge is 0.341 e. The zero-order valence-corrected chi connectivity index (χ0v) is 11.1. The number of benzene rings is 2. The summed E-state index contributed by atoms with van der Waals surface area (Å²) < 4.78 is 10.3. The zero-order valence-electron chi connectivity index (χ0n) is 11.1. The number of aromatic hydroxyl groups is 1. The molecule has 2 aromatic carbocycles. The van der Waals surface area contributed by atoms with Crippen molar-refractivity contribution in [3.05, 3.63) is 52.6 Å². The van der Waals surface area contributed by atoms with Gasteiger partial charge in [0.1, 0.15) is 17.2 Å². The highest BCUT2D eigenvalue weighted by molar-refractivity contribution is 5.68. The number of ether oxygens (including phenoxy) is 2. The summed E-state index contributed by atoms with van der Waals surface area (Å²) in [5.74, 6) is -0.779. The fourth-order valence-electron chi connectivity index (χ4n) is 1.61. The van der Waals surface area contributed by atoms with Gasteiger partial charge in [-0.1, -0.05) is 0 Å². The van der Waals surface area contributed by atoms with Gasteiger partial charge >= 0.3 is 11.7 Å². The summed E-state index contributed by atoms with van der Waals surface area (Å²) in [6.45, 7) is -0.474. The molecule has 0 saturated heterocycles. The van der Waals surface area contributed by atoms with Crippen molar-refractivity contribution >= 4 is 11.7 Å². The molecular weight excluding hydrogens is 294 g/mol. The van der Waals surface area contributed by atoms with Crippen molar-refractivity contribution in [2.75, 3.05) is 6.61 Å². The minimum atomic E-state index is -1.10. The molecule has 2 rings (SSSR count). The maximum absolute atomic E-state index is 10.9. The molecule has 114 valence electrons. The lowest BCUT2D eigenvalue weighted by Crippen LogP contribution is -2.09. The molecule has 0 unspecified atom stereocenters. The molecule has 0 amide bonds. The van der Waals surface area contributed by atoms with Gasteiger partial charge in [0, 0.05) is 12.1 Å². The number of hydrogen-bond acceptors (Lipinski definition) is 6. The molecule has 0 aliphatic carbocycles. The zero-order chi connectivity index (χ0) is 16.1. The van der Waals surface area contributed by atoms with E-state index < -0.39 is 17.5 Å². The third kappa shape index (κ3) is 3.85. The molecule has 2 aromatic rings. The fourth-order valence-corrected chi connectivity index (χ4v) is 1.61. The number of carboxylic acid groups (broad SMARTS) is 1. The van der Waals surface area contributed by atoms with Crippen molar-refractivity contribution in [3.63, 3.8) is 0 Å². The van der Waals surface area contributed by atoms with Crippen LogP contribution in [0.15, 0.2) is 42.5 Å². The van der Waals surface area contributed by atoms with E-state index in [9.17, 15) is 20.0 Å². The normalized spacial score (nSPS) is 10.0. The number of aliphatic carboxylic acids is 1. The van der Waals surface area contributed by atoms with Crippen LogP contribution in [0, 0.1) is 10.1 Å². The Morgan fingerprint density at radius 2 is 1.77 bits per heavy atom. The Morgan fingerprint density at radius 1 is 1.14 bits per heavy atom. The quantitative estimate of drug-likeness (QED) is 0.621. The first-order valence-electron chi connectivity index (χ1n) is 6.05. The van der Waals surface area contributed by atoms with Crippen LogP contribution < -0.4 is 9.47 Å². The highest BCUT2D eigenvalue weighted by Gasteiger charge is 2.16. The van der Waals surface area contributed by atoms with E-state index in [-0.39, 0.29) is 22.9 Å². The minimum absolute atomic E-state index is 0.107. The summed E-state index contributed by atoms with van der Waals surface area (Å²) in [6.07, 6.45) is 0. The number of nitro benzene ring substituents is 1. The highest BCUT2D eigenvalue weighted by atomic mass is 16.6. The molecule has 8 heteroatoms. The topological polar surface area (TPSA) is 119 Å². The van der Waals surface area contributed by atoms with Gasteiger partial charge in [-0.15, -0.1) is 0 Å². The first-order valence-corrected chi connectivity index (χ1v) is 6.05. The molecule has 22 heavy (non-hydrogen) atoms. The summed E-state index contributed by atoms with van der Waals surface area (Å²) in [6, 6.07) is 9.31. The third-order valence-corrected chi connectivity index (χ3v) is 2.55. The van der Waals surface area contributed by atoms with E-state index in [2.05, 4.69) is 0 Å². The fraction of sp³-hybridized carbons (Fsp3) is 0.0714. The lowest BCUT2D eigenvalue weighted by Gasteiger charge is -2.08. The molecule has 0 radical (unpaired) electrons. The largest absolute Gasteiger partial charge is 0.508 e. The predicted molar refractivity (Wildman–Crippen MR) is 74.4 cm³/mol. The number of phenols is 1. The molecule has 2 N–H and O–H groups in total. The van der Waals surface area contributed by atoms with E-state index >= 15 is 0 Å². The second-order valence-electron chi connectivity index (χ2n) is 4.17. The van der Waals surface area contributed by atoms with Crippen LogP contribution in [0.25, 0.3) is 0 Å². The van der Waals surface area contributed by atoms with E-state index in [0.717, 1.165) is 12.1 Å². The van der Waals surface area contributed by atoms with Gasteiger partial charge in [-0.05, 0) is 30.3 Å². The van der Waals surface area contributed by atoms with Crippen molar-refractivity contribution < 1.29 is 29.4 Å². The van der Waals surface area contributed by atoms with Crippen molar-refractivity contribution in [2.45, 2.75) is 0 Å². The Balaban J connectivity index is 2.15. The summed E-state index contributed by atoms with van der Waals surface area (Å²) in [4.78, 5) is 20.6. The molecule has 8 nitrogen and oxygen atoms in total.